The summed E-state index contributed by atoms with van der Waals surface area (Å²) in [5.74, 6) is 1.03. The molecule has 0 radical (unpaired) electrons. The van der Waals surface area contributed by atoms with E-state index in [1.807, 2.05) is 23.1 Å². The van der Waals surface area contributed by atoms with Crippen molar-refractivity contribution in [1.29, 1.82) is 0 Å². The Balaban J connectivity index is 1.51. The zero-order chi connectivity index (χ0) is 18.7. The van der Waals surface area contributed by atoms with Gasteiger partial charge in [0.25, 0.3) is 10.2 Å². The lowest BCUT2D eigenvalue weighted by molar-refractivity contribution is -0.137. The second-order valence-electron chi connectivity index (χ2n) is 6.96. The van der Waals surface area contributed by atoms with Crippen molar-refractivity contribution in [1.82, 2.24) is 18.5 Å². The predicted octanol–water partition coefficient (Wildman–Crippen LogP) is 0.249. The zero-order valence-corrected chi connectivity index (χ0v) is 16.2. The average molecular weight is 382 g/mol. The summed E-state index contributed by atoms with van der Waals surface area (Å²) in [5, 5.41) is 0. The van der Waals surface area contributed by atoms with E-state index in [-0.39, 0.29) is 11.8 Å². The Bertz CT molecular complexity index is 709. The number of hydrogen-bond donors (Lipinski definition) is 0. The lowest BCUT2D eigenvalue weighted by Crippen LogP contribution is -2.52. The van der Waals surface area contributed by atoms with Crippen LogP contribution < -0.4 is 4.90 Å². The minimum Gasteiger partial charge on any atom is -0.353 e. The number of amides is 1. The molecule has 2 aliphatic heterocycles. The van der Waals surface area contributed by atoms with Crippen LogP contribution in [-0.2, 0) is 15.0 Å². The molecule has 0 N–H and O–H groups in total. The highest BCUT2D eigenvalue weighted by Crippen LogP contribution is 2.23. The van der Waals surface area contributed by atoms with Crippen LogP contribution in [0.3, 0.4) is 0 Å². The number of carbonyl (C=O) groups excluding carboxylic acids is 1. The molecule has 3 rings (SSSR count). The normalized spacial score (nSPS) is 20.6. The number of piperidine rings is 1. The van der Waals surface area contributed by atoms with Crippen LogP contribution in [0.5, 0.6) is 0 Å². The van der Waals surface area contributed by atoms with Crippen molar-refractivity contribution in [2.24, 2.45) is 5.92 Å². The fourth-order valence-corrected chi connectivity index (χ4v) is 4.65. The van der Waals surface area contributed by atoms with E-state index >= 15 is 0 Å². The first-order valence-electron chi connectivity index (χ1n) is 9.02. The molecule has 0 bridgehead atoms. The fraction of sp³-hybridized carbons (Fsp3) is 0.647. The van der Waals surface area contributed by atoms with Gasteiger partial charge in [-0.15, -0.1) is 0 Å². The average Bonchev–Trinajstić information content (AvgIpc) is 2.68. The van der Waals surface area contributed by atoms with Gasteiger partial charge in [-0.3, -0.25) is 4.79 Å². The van der Waals surface area contributed by atoms with E-state index < -0.39 is 10.2 Å². The van der Waals surface area contributed by atoms with Crippen LogP contribution in [0.1, 0.15) is 12.8 Å². The Morgan fingerprint density at radius 3 is 2.27 bits per heavy atom. The molecular formula is C17H27N5O3S. The quantitative estimate of drug-likeness (QED) is 0.747. The molecule has 1 amide bonds. The van der Waals surface area contributed by atoms with Crippen molar-refractivity contribution in [3.05, 3.63) is 24.4 Å². The lowest BCUT2D eigenvalue weighted by Gasteiger charge is -2.39. The molecule has 9 heteroatoms. The first kappa shape index (κ1) is 19.1. The van der Waals surface area contributed by atoms with Crippen LogP contribution >= 0.6 is 0 Å². The lowest BCUT2D eigenvalue weighted by atomic mass is 9.96. The van der Waals surface area contributed by atoms with Crippen LogP contribution in [0.4, 0.5) is 5.82 Å². The van der Waals surface area contributed by atoms with Gasteiger partial charge in [0, 0.05) is 65.5 Å². The van der Waals surface area contributed by atoms with E-state index in [4.69, 9.17) is 0 Å². The molecule has 0 atom stereocenters. The second-order valence-corrected chi connectivity index (χ2v) is 9.11. The zero-order valence-electron chi connectivity index (χ0n) is 15.4. The van der Waals surface area contributed by atoms with Crippen LogP contribution in [-0.4, -0.2) is 86.2 Å². The fourth-order valence-electron chi connectivity index (χ4n) is 3.52. The van der Waals surface area contributed by atoms with Gasteiger partial charge in [-0.05, 0) is 25.0 Å². The molecule has 1 aromatic rings. The number of pyridine rings is 1. The Kier molecular flexibility index (Phi) is 5.79. The standard InChI is InChI=1S/C17H27N5O3S/c1-19(2)26(24,25)22-9-6-15(7-10-22)17(23)21-13-11-20(12-14-21)16-5-3-4-8-18-16/h3-5,8,15H,6-7,9-14H2,1-2H3. The Morgan fingerprint density at radius 1 is 1.08 bits per heavy atom. The molecule has 144 valence electrons. The molecule has 0 saturated carbocycles. The van der Waals surface area contributed by atoms with E-state index in [1.165, 1.54) is 22.7 Å². The van der Waals surface area contributed by atoms with Crippen LogP contribution in [0.2, 0.25) is 0 Å². The van der Waals surface area contributed by atoms with Gasteiger partial charge in [0.15, 0.2) is 0 Å². The van der Waals surface area contributed by atoms with E-state index in [2.05, 4.69) is 9.88 Å². The van der Waals surface area contributed by atoms with Gasteiger partial charge in [-0.1, -0.05) is 6.07 Å². The topological polar surface area (TPSA) is 77.1 Å². The third-order valence-electron chi connectivity index (χ3n) is 5.16. The van der Waals surface area contributed by atoms with Gasteiger partial charge in [0.05, 0.1) is 0 Å². The van der Waals surface area contributed by atoms with E-state index in [0.29, 0.717) is 39.0 Å². The number of nitrogens with zero attached hydrogens (tertiary/aromatic N) is 5. The smallest absolute Gasteiger partial charge is 0.281 e. The largest absolute Gasteiger partial charge is 0.353 e. The van der Waals surface area contributed by atoms with Crippen LogP contribution in [0.15, 0.2) is 24.4 Å². The number of carbonyl (C=O) groups is 1. The number of aromatic nitrogens is 1. The van der Waals surface area contributed by atoms with Crippen molar-refractivity contribution < 1.29 is 13.2 Å². The molecule has 0 aromatic carbocycles. The molecule has 2 saturated heterocycles. The molecule has 3 heterocycles. The molecule has 26 heavy (non-hydrogen) atoms. The molecule has 8 nitrogen and oxygen atoms in total. The maximum atomic E-state index is 12.8. The second kappa shape index (κ2) is 7.89. The number of hydrogen-bond acceptors (Lipinski definition) is 5. The Labute approximate surface area is 155 Å². The van der Waals surface area contributed by atoms with Crippen LogP contribution in [0.25, 0.3) is 0 Å². The number of piperazine rings is 1. The SMILES string of the molecule is CN(C)S(=O)(=O)N1CCC(C(=O)N2CCN(c3ccccn3)CC2)CC1. The highest BCUT2D eigenvalue weighted by molar-refractivity contribution is 7.86. The number of anilines is 1. The highest BCUT2D eigenvalue weighted by atomic mass is 32.2. The molecule has 0 spiro atoms. The molecule has 2 fully saturated rings. The van der Waals surface area contributed by atoms with Gasteiger partial charge in [0.1, 0.15) is 5.82 Å². The monoisotopic (exact) mass is 381 g/mol. The summed E-state index contributed by atoms with van der Waals surface area (Å²) < 4.78 is 27.1. The summed E-state index contributed by atoms with van der Waals surface area (Å²) >= 11 is 0. The molecule has 0 unspecified atom stereocenters. The van der Waals surface area contributed by atoms with Gasteiger partial charge in [-0.2, -0.15) is 17.0 Å². The molecule has 1 aromatic heterocycles. The van der Waals surface area contributed by atoms with Crippen molar-refractivity contribution in [3.8, 4) is 0 Å². The van der Waals surface area contributed by atoms with Crippen LogP contribution in [0, 0.1) is 5.92 Å². The maximum absolute atomic E-state index is 12.8. The van der Waals surface area contributed by atoms with Gasteiger partial charge in [0.2, 0.25) is 5.91 Å². The summed E-state index contributed by atoms with van der Waals surface area (Å²) in [5.41, 5.74) is 0. The van der Waals surface area contributed by atoms with E-state index in [9.17, 15) is 13.2 Å². The minimum atomic E-state index is -3.38. The molecule has 2 aliphatic rings. The molecular weight excluding hydrogens is 354 g/mol. The van der Waals surface area contributed by atoms with E-state index in [0.717, 1.165) is 18.9 Å². The Hall–Kier alpha value is -1.71. The third-order valence-corrected chi connectivity index (χ3v) is 7.10. The Morgan fingerprint density at radius 2 is 1.73 bits per heavy atom. The summed E-state index contributed by atoms with van der Waals surface area (Å²) in [4.78, 5) is 21.3. The minimum absolute atomic E-state index is 0.0787. The first-order valence-corrected chi connectivity index (χ1v) is 10.4. The van der Waals surface area contributed by atoms with Crippen molar-refractivity contribution in [2.45, 2.75) is 12.8 Å². The van der Waals surface area contributed by atoms with Gasteiger partial charge in [-0.25, -0.2) is 4.98 Å². The van der Waals surface area contributed by atoms with E-state index in [1.54, 1.807) is 6.20 Å². The van der Waals surface area contributed by atoms with Crippen molar-refractivity contribution >= 4 is 21.9 Å². The summed E-state index contributed by atoms with van der Waals surface area (Å²) in [6, 6.07) is 5.85. The third kappa shape index (κ3) is 3.99. The van der Waals surface area contributed by atoms with Gasteiger partial charge >= 0.3 is 0 Å². The predicted molar refractivity (Wildman–Crippen MR) is 99.9 cm³/mol. The summed E-state index contributed by atoms with van der Waals surface area (Å²) in [6.07, 6.45) is 2.96. The van der Waals surface area contributed by atoms with Gasteiger partial charge < -0.3 is 9.80 Å². The van der Waals surface area contributed by atoms with Crippen molar-refractivity contribution in [2.75, 3.05) is 58.3 Å². The molecule has 0 aliphatic carbocycles. The summed E-state index contributed by atoms with van der Waals surface area (Å²) in [7, 11) is -0.313. The first-order chi connectivity index (χ1) is 12.4. The van der Waals surface area contributed by atoms with Crippen molar-refractivity contribution in [3.63, 3.8) is 0 Å². The summed E-state index contributed by atoms with van der Waals surface area (Å²) in [6.45, 7) is 3.74. The number of rotatable bonds is 4. The maximum Gasteiger partial charge on any atom is 0.281 e. The highest BCUT2D eigenvalue weighted by Gasteiger charge is 2.34.